The standard InChI is InChI=1S/C29H36N4O4S.C24H28N4O4S.C5H10Br2.CH2F.CH2O3.ClH.2K/c1-21-27(20-38(35,36)26-13-11-25(12-14-26)33-16-3-2-4-17-33)32-29(37-21)24-9-7-23(8-10-24)28(34)31-19-22-6-5-15-30-18-22;1-16-22(15-33(30,31)21-10-8-20(25)9-11-21)28-24(32-16)19-6-4-18(5-7-19)23(29)27-14-17-3-2-12-26-13-17;6-4-2-1-3-5-7;1-2;2-1-4-3;;;/h5-10,15,18,25-26H,2-4,11-14,16-17,19-20H2,1H3,(H,31,34);2-7,12-13,20-21H,8-11,14-15,25H2,1H3,(H,27,29);1-5H2;1H2;1,3H;1H;;/q;;;-1;;;2*+1/i/hD. The molecule has 0 atom stereocenters. The molecule has 0 unspecified atom stereocenters. The SMILES string of the molecule is BrCCCCCBr.Cc1oc(-c2ccc(C(=O)NCc3cccnc3)cc2)nc1CS(=O)(=O)C1CCC(N)CC1.Cc1oc(-c2ccc(C(=O)NCc3cccnc3)cc2)nc1CS(=O)(=O)C1CCC(N2CCCCC2)CC1.Cl.[2H]OOC=O.[CH2-]F.[K+].[K+]. The molecule has 19 nitrogen and oxygen atoms in total. The van der Waals surface area contributed by atoms with Gasteiger partial charge in [0.1, 0.15) is 11.5 Å². The van der Waals surface area contributed by atoms with E-state index < -0.39 is 19.7 Å². The number of amides is 2. The largest absolute Gasteiger partial charge is 1.00 e. The summed E-state index contributed by atoms with van der Waals surface area (Å²) in [7, 11) is -4.91. The van der Waals surface area contributed by atoms with Crippen molar-refractivity contribution in [1.29, 1.82) is 1.43 Å². The third-order valence-corrected chi connectivity index (χ3v) is 20.1. The van der Waals surface area contributed by atoms with Gasteiger partial charge in [0.2, 0.25) is 11.8 Å². The van der Waals surface area contributed by atoms with Crippen LogP contribution in [0.2, 0.25) is 0 Å². The summed E-state index contributed by atoms with van der Waals surface area (Å²) in [6.45, 7) is 6.59. The molecule has 6 aromatic rings. The fourth-order valence-corrected chi connectivity index (χ4v) is 14.5. The van der Waals surface area contributed by atoms with Gasteiger partial charge in [0.25, 0.3) is 13.2 Å². The molecule has 2 aliphatic carbocycles. The van der Waals surface area contributed by atoms with Crippen LogP contribution in [0.5, 0.6) is 0 Å². The van der Waals surface area contributed by atoms with E-state index in [2.05, 4.69) is 77.5 Å². The molecule has 3 fully saturated rings. The van der Waals surface area contributed by atoms with Crippen LogP contribution in [0.15, 0.2) is 106 Å². The molecule has 2 aromatic carbocycles. The minimum absolute atomic E-state index is 0. The fourth-order valence-electron chi connectivity index (χ4n) is 9.96. The predicted octanol–water partition coefficient (Wildman–Crippen LogP) is 5.60. The van der Waals surface area contributed by atoms with E-state index in [1.807, 2.05) is 24.3 Å². The molecule has 87 heavy (non-hydrogen) atoms. The number of halogens is 4. The molecular formula is C60H79Br2ClFK2N8O11S2+. The number of aromatic nitrogens is 4. The van der Waals surface area contributed by atoms with Crippen LogP contribution in [0.1, 0.15) is 145 Å². The van der Waals surface area contributed by atoms with E-state index in [9.17, 15) is 30.8 Å². The Hall–Kier alpha value is -2.20. The summed E-state index contributed by atoms with van der Waals surface area (Å²) in [6.07, 6.45) is 20.6. The molecule has 2 amide bonds. The Morgan fingerprint density at radius 3 is 1.47 bits per heavy atom. The monoisotopic (exact) mass is 1440 g/mol. The Morgan fingerprint density at radius 2 is 1.11 bits per heavy atom. The number of aryl methyl sites for hydroxylation is 2. The third kappa shape index (κ3) is 27.5. The Balaban J connectivity index is 0.000000483. The van der Waals surface area contributed by atoms with E-state index in [0.717, 1.165) is 73.4 Å². The van der Waals surface area contributed by atoms with E-state index in [0.29, 0.717) is 88.9 Å². The molecule has 4 aromatic heterocycles. The molecule has 466 valence electrons. The van der Waals surface area contributed by atoms with E-state index in [1.54, 1.807) is 94.3 Å². The number of nitrogens with two attached hydrogens (primary N) is 1. The van der Waals surface area contributed by atoms with Gasteiger partial charge in [-0.2, -0.15) is 7.18 Å². The number of likely N-dealkylation sites (tertiary alicyclic amines) is 1. The molecule has 5 heterocycles. The van der Waals surface area contributed by atoms with Crippen molar-refractivity contribution in [3.63, 3.8) is 0 Å². The number of nitrogens with zero attached hydrogens (tertiary/aromatic N) is 5. The van der Waals surface area contributed by atoms with Crippen molar-refractivity contribution in [2.24, 2.45) is 5.73 Å². The summed E-state index contributed by atoms with van der Waals surface area (Å²) in [6, 6.07) is 21.9. The maximum absolute atomic E-state index is 13.3. The van der Waals surface area contributed by atoms with Crippen molar-refractivity contribution in [2.45, 2.75) is 151 Å². The molecule has 1 saturated heterocycles. The minimum atomic E-state index is -3.33. The summed E-state index contributed by atoms with van der Waals surface area (Å²) >= 11 is 6.73. The molecule has 1 aliphatic heterocycles. The van der Waals surface area contributed by atoms with Gasteiger partial charge in [0.05, 0.1) is 33.4 Å². The Kier molecular flexibility index (Phi) is 39.6. The van der Waals surface area contributed by atoms with Crippen LogP contribution in [-0.4, -0.2) is 112 Å². The number of carbonyl (C=O) groups excluding carboxylic acids is 3. The van der Waals surface area contributed by atoms with Crippen LogP contribution in [0.3, 0.4) is 0 Å². The molecule has 2 saturated carbocycles. The first-order valence-corrected chi connectivity index (χ1v) is 33.7. The third-order valence-electron chi connectivity index (χ3n) is 14.7. The summed E-state index contributed by atoms with van der Waals surface area (Å²) in [5.74, 6) is 1.07. The van der Waals surface area contributed by atoms with Crippen LogP contribution in [0.4, 0.5) is 4.39 Å². The quantitative estimate of drug-likeness (QED) is 0.0130. The molecule has 0 bridgehead atoms. The van der Waals surface area contributed by atoms with E-state index in [1.165, 1.54) is 38.5 Å². The fraction of sp³-hybridized carbons (Fsp3) is 0.467. The number of oxazole rings is 2. The second-order valence-corrected chi connectivity index (χ2v) is 26.7. The number of benzene rings is 2. The Morgan fingerprint density at radius 1 is 0.701 bits per heavy atom. The zero-order chi connectivity index (χ0) is 61.6. The molecule has 0 spiro atoms. The number of alkyl halides is 2. The molecule has 5 N–H and O–H groups in total. The van der Waals surface area contributed by atoms with Gasteiger partial charge in [0, 0.05) is 82.9 Å². The normalized spacial score (nSPS) is 17.4. The number of piperidine rings is 1. The van der Waals surface area contributed by atoms with Crippen LogP contribution in [0, 0.1) is 21.0 Å². The molecular weight excluding hydrogens is 1370 g/mol. The zero-order valence-electron chi connectivity index (χ0n) is 51.1. The van der Waals surface area contributed by atoms with Gasteiger partial charge in [-0.05, 0) is 176 Å². The number of rotatable bonds is 21. The number of pyridine rings is 2. The number of carbonyl (C=O) groups is 3. The maximum Gasteiger partial charge on any atom is 1.00 e. The van der Waals surface area contributed by atoms with Gasteiger partial charge >= 0.3 is 109 Å². The van der Waals surface area contributed by atoms with Gasteiger partial charge in [-0.3, -0.25) is 24.4 Å². The number of hydrogen-bond donors (Lipinski definition) is 4. The van der Waals surface area contributed by atoms with Gasteiger partial charge in [0.15, 0.2) is 19.7 Å². The van der Waals surface area contributed by atoms with Crippen LogP contribution < -0.4 is 119 Å². The van der Waals surface area contributed by atoms with Crippen molar-refractivity contribution >= 4 is 82.2 Å². The van der Waals surface area contributed by atoms with Crippen molar-refractivity contribution in [3.8, 4) is 22.9 Å². The molecule has 0 radical (unpaired) electrons. The van der Waals surface area contributed by atoms with Gasteiger partial charge < -0.3 is 39.4 Å². The Bertz CT molecular complexity index is 3170. The first-order chi connectivity index (χ1) is 41.0. The molecule has 27 heteroatoms. The van der Waals surface area contributed by atoms with Crippen LogP contribution in [0.25, 0.3) is 24.3 Å². The van der Waals surface area contributed by atoms with Crippen LogP contribution >= 0.6 is 44.3 Å². The maximum atomic E-state index is 13.3. The van der Waals surface area contributed by atoms with Crippen molar-refractivity contribution in [3.05, 3.63) is 150 Å². The van der Waals surface area contributed by atoms with Crippen LogP contribution in [-0.2, 0) is 54.0 Å². The first kappa shape index (κ1) is 79.0. The topological polar surface area (TPSA) is 280 Å². The summed E-state index contributed by atoms with van der Waals surface area (Å²) < 4.78 is 78.8. The van der Waals surface area contributed by atoms with Crippen molar-refractivity contribution < 1.29 is 157 Å². The summed E-state index contributed by atoms with van der Waals surface area (Å²) in [5, 5.41) is 10.4. The van der Waals surface area contributed by atoms with Gasteiger partial charge in [-0.15, -0.1) is 12.4 Å². The van der Waals surface area contributed by atoms with Gasteiger partial charge in [-0.25, -0.2) is 32.1 Å². The number of sulfone groups is 2. The number of nitrogens with one attached hydrogen (secondary N) is 2. The average Bonchev–Trinajstić information content (AvgIpc) is 4.26. The van der Waals surface area contributed by atoms with Crippen molar-refractivity contribution in [2.75, 3.05) is 23.7 Å². The van der Waals surface area contributed by atoms with E-state index in [4.69, 9.17) is 20.8 Å². The minimum Gasteiger partial charge on any atom is -0.463 e. The molecule has 3 aliphatic rings. The second-order valence-electron chi connectivity index (χ2n) is 20.6. The zero-order valence-corrected chi connectivity index (χ0v) is 61.9. The summed E-state index contributed by atoms with van der Waals surface area (Å²) in [4.78, 5) is 56.8. The molecule has 9 rings (SSSR count). The second kappa shape index (κ2) is 43.6. The predicted molar refractivity (Wildman–Crippen MR) is 336 cm³/mol. The number of hydrogen-bond acceptors (Lipinski definition) is 17. The Labute approximate surface area is 621 Å². The average molecular weight is 1450 g/mol. The van der Waals surface area contributed by atoms with E-state index in [-0.39, 0.29) is 162 Å². The van der Waals surface area contributed by atoms with E-state index >= 15 is 0 Å². The number of unbranched alkanes of at least 4 members (excludes halogenated alkanes) is 2. The van der Waals surface area contributed by atoms with Gasteiger partial charge in [-0.1, -0.05) is 56.8 Å². The van der Waals surface area contributed by atoms with Crippen molar-refractivity contribution in [1.82, 2.24) is 35.5 Å². The first-order valence-electron chi connectivity index (χ1n) is 28.5. The smallest absolute Gasteiger partial charge is 0.463 e. The summed E-state index contributed by atoms with van der Waals surface area (Å²) in [5.41, 5.74) is 11.0.